The Bertz CT molecular complexity index is 1090. The van der Waals surface area contributed by atoms with Gasteiger partial charge in [0, 0.05) is 12.2 Å². The zero-order chi connectivity index (χ0) is 60.6. The number of carbonyl (C=O) groups excluding carboxylic acids is 2. The average molecular weight is 1180 g/mol. The van der Waals surface area contributed by atoms with E-state index in [9.17, 15) is 9.59 Å². The molecule has 0 aromatic rings. The van der Waals surface area contributed by atoms with Crippen molar-refractivity contribution >= 4 is 11.9 Å². The highest BCUT2D eigenvalue weighted by molar-refractivity contribution is 5.91. The highest BCUT2D eigenvalue weighted by Gasteiger charge is 2.14. The summed E-state index contributed by atoms with van der Waals surface area (Å²) in [5.41, 5.74) is 0. The monoisotopic (exact) mass is 1180 g/mol. The summed E-state index contributed by atoms with van der Waals surface area (Å²) in [6, 6.07) is 0. The molecule has 0 unspecified atom stereocenters. The molecule has 0 aliphatic heterocycles. The molecule has 0 aromatic carbocycles. The number of hydrogen-bond acceptors (Lipinski definition) is 4. The number of ether oxygens (including phenoxy) is 2. The number of rotatable bonds is 74. The summed E-state index contributed by atoms with van der Waals surface area (Å²) >= 11 is 0. The second-order valence-electron chi connectivity index (χ2n) is 27.7. The molecule has 84 heavy (non-hydrogen) atoms. The van der Waals surface area contributed by atoms with Gasteiger partial charge in [-0.05, 0) is 37.5 Å². The van der Waals surface area contributed by atoms with Crippen LogP contribution in [0.4, 0.5) is 0 Å². The van der Waals surface area contributed by atoms with Crippen LogP contribution in [-0.2, 0) is 19.1 Å². The Morgan fingerprint density at radius 2 is 0.321 bits per heavy atom. The van der Waals surface area contributed by atoms with Gasteiger partial charge in [0.1, 0.15) is 0 Å². The number of carbonyl (C=O) groups is 2. The van der Waals surface area contributed by atoms with E-state index in [2.05, 4.69) is 27.7 Å². The van der Waals surface area contributed by atoms with Crippen LogP contribution in [0.15, 0.2) is 12.2 Å². The van der Waals surface area contributed by atoms with Crippen molar-refractivity contribution in [2.45, 2.75) is 464 Å². The fraction of sp³-hybridized carbons (Fsp3) is 0.950. The van der Waals surface area contributed by atoms with Crippen LogP contribution in [0.1, 0.15) is 464 Å². The molecule has 0 heterocycles. The summed E-state index contributed by atoms with van der Waals surface area (Å²) < 4.78 is 11.8. The Kier molecular flexibility index (Phi) is 73.0. The zero-order valence-electron chi connectivity index (χ0n) is 58.4. The molecule has 0 aromatic heterocycles. The summed E-state index contributed by atoms with van der Waals surface area (Å²) in [5, 5.41) is 0. The molecule has 0 N–H and O–H groups in total. The first-order chi connectivity index (χ1) is 41.6. The number of hydrogen-bond donors (Lipinski definition) is 0. The van der Waals surface area contributed by atoms with E-state index in [1.54, 1.807) is 0 Å². The van der Waals surface area contributed by atoms with Crippen molar-refractivity contribution in [2.24, 2.45) is 11.8 Å². The van der Waals surface area contributed by atoms with E-state index in [0.717, 1.165) is 25.7 Å². The quantitative estimate of drug-likeness (QED) is 0.0346. The molecule has 0 atom stereocenters. The van der Waals surface area contributed by atoms with Crippen LogP contribution in [0.3, 0.4) is 0 Å². The lowest BCUT2D eigenvalue weighted by Gasteiger charge is -2.17. The van der Waals surface area contributed by atoms with Crippen molar-refractivity contribution in [3.05, 3.63) is 12.2 Å². The highest BCUT2D eigenvalue weighted by atomic mass is 16.5. The van der Waals surface area contributed by atoms with Crippen molar-refractivity contribution in [3.63, 3.8) is 0 Å². The van der Waals surface area contributed by atoms with Crippen molar-refractivity contribution in [1.82, 2.24) is 0 Å². The Balaban J connectivity index is 4.87. The van der Waals surface area contributed by atoms with Crippen molar-refractivity contribution in [1.29, 1.82) is 0 Å². The van der Waals surface area contributed by atoms with Gasteiger partial charge in [-0.2, -0.15) is 0 Å². The molecule has 4 nitrogen and oxygen atoms in total. The average Bonchev–Trinajstić information content (AvgIpc) is 3.50. The molecule has 0 aliphatic rings. The normalized spacial score (nSPS) is 11.8. The first-order valence-corrected chi connectivity index (χ1v) is 39.6. The lowest BCUT2D eigenvalue weighted by Crippen LogP contribution is -2.15. The van der Waals surface area contributed by atoms with Crippen LogP contribution in [0.2, 0.25) is 0 Å². The molecule has 0 bridgehead atoms. The maximum absolute atomic E-state index is 13.1. The topological polar surface area (TPSA) is 52.6 Å². The third-order valence-electron chi connectivity index (χ3n) is 19.1. The molecule has 0 spiro atoms. The molecular weight excluding hydrogens is 1020 g/mol. The second kappa shape index (κ2) is 74.1. The zero-order valence-corrected chi connectivity index (χ0v) is 58.4. The van der Waals surface area contributed by atoms with Gasteiger partial charge in [-0.1, -0.05) is 439 Å². The third kappa shape index (κ3) is 69.8. The van der Waals surface area contributed by atoms with Crippen molar-refractivity contribution < 1.29 is 19.1 Å². The maximum atomic E-state index is 13.1. The minimum absolute atomic E-state index is 0.395. The Morgan fingerprint density at radius 1 is 0.202 bits per heavy atom. The minimum Gasteiger partial charge on any atom is -0.462 e. The van der Waals surface area contributed by atoms with Crippen LogP contribution in [0.25, 0.3) is 0 Å². The Labute approximate surface area is 529 Å². The maximum Gasteiger partial charge on any atom is 0.331 e. The van der Waals surface area contributed by atoms with Crippen LogP contribution < -0.4 is 0 Å². The summed E-state index contributed by atoms with van der Waals surface area (Å²) in [5.74, 6) is 0.0208. The van der Waals surface area contributed by atoms with Gasteiger partial charge >= 0.3 is 11.9 Å². The van der Waals surface area contributed by atoms with Gasteiger partial charge in [-0.25, -0.2) is 9.59 Å². The van der Waals surface area contributed by atoms with E-state index in [1.165, 1.54) is 423 Å². The van der Waals surface area contributed by atoms with Gasteiger partial charge in [0.2, 0.25) is 0 Å². The van der Waals surface area contributed by atoms with E-state index < -0.39 is 11.9 Å². The molecule has 0 saturated carbocycles. The fourth-order valence-electron chi connectivity index (χ4n) is 13.2. The van der Waals surface area contributed by atoms with Gasteiger partial charge in [0.25, 0.3) is 0 Å². The fourth-order valence-corrected chi connectivity index (χ4v) is 13.2. The summed E-state index contributed by atoms with van der Waals surface area (Å²) in [7, 11) is 0. The molecule has 0 rings (SSSR count). The largest absolute Gasteiger partial charge is 0.462 e. The van der Waals surface area contributed by atoms with Crippen LogP contribution in [0.5, 0.6) is 0 Å². The SMILES string of the molecule is CCCCCCCCCCCCCCCCCCC(CCCCCCCCCCCCCCCCCC)COC(=O)/C=C\C(=O)OCC(CCCCCCCCCCCCCCCCCC)CCCCCCCCCCCCCCCCCC. The Morgan fingerprint density at radius 3 is 0.452 bits per heavy atom. The summed E-state index contributed by atoms with van der Waals surface area (Å²) in [6.07, 6.45) is 95.9. The first-order valence-electron chi connectivity index (χ1n) is 39.6. The highest BCUT2D eigenvalue weighted by Crippen LogP contribution is 2.24. The molecule has 0 fully saturated rings. The lowest BCUT2D eigenvalue weighted by atomic mass is 9.94. The number of esters is 2. The van der Waals surface area contributed by atoms with Gasteiger partial charge in [-0.3, -0.25) is 0 Å². The molecule has 0 radical (unpaired) electrons. The van der Waals surface area contributed by atoms with Crippen LogP contribution >= 0.6 is 0 Å². The third-order valence-corrected chi connectivity index (χ3v) is 19.1. The molecule has 4 heteroatoms. The van der Waals surface area contributed by atoms with E-state index >= 15 is 0 Å². The van der Waals surface area contributed by atoms with Crippen LogP contribution in [-0.4, -0.2) is 25.2 Å². The van der Waals surface area contributed by atoms with E-state index in [0.29, 0.717) is 25.0 Å². The van der Waals surface area contributed by atoms with E-state index in [4.69, 9.17) is 9.47 Å². The second-order valence-corrected chi connectivity index (χ2v) is 27.7. The van der Waals surface area contributed by atoms with Crippen molar-refractivity contribution in [3.8, 4) is 0 Å². The van der Waals surface area contributed by atoms with Crippen LogP contribution in [0, 0.1) is 11.8 Å². The van der Waals surface area contributed by atoms with E-state index in [1.807, 2.05) is 0 Å². The molecule has 0 amide bonds. The van der Waals surface area contributed by atoms with Crippen molar-refractivity contribution in [2.75, 3.05) is 13.2 Å². The molecule has 500 valence electrons. The smallest absolute Gasteiger partial charge is 0.331 e. The predicted octanol–water partition coefficient (Wildman–Crippen LogP) is 28.5. The standard InChI is InChI=1S/C80H156O4/c1-5-9-13-17-21-25-29-33-37-41-45-49-53-57-61-65-69-77(70-66-62-58-54-50-46-42-38-34-30-26-22-18-14-10-6-2)75-83-79(81)73-74-80(82)84-76-78(71-67-63-59-55-51-47-43-39-35-31-27-23-19-15-11-7-3)72-68-64-60-56-52-48-44-40-36-32-28-24-20-16-12-8-4/h73-74,77-78H,5-72,75-76H2,1-4H3/b74-73-. The van der Waals surface area contributed by atoms with Gasteiger partial charge in [0.05, 0.1) is 13.2 Å². The lowest BCUT2D eigenvalue weighted by molar-refractivity contribution is -0.142. The first kappa shape index (κ1) is 82.7. The molecule has 0 saturated heterocycles. The van der Waals surface area contributed by atoms with E-state index in [-0.39, 0.29) is 0 Å². The Hall–Kier alpha value is -1.32. The van der Waals surface area contributed by atoms with Gasteiger partial charge in [-0.15, -0.1) is 0 Å². The molecule has 0 aliphatic carbocycles. The van der Waals surface area contributed by atoms with Gasteiger partial charge in [0.15, 0.2) is 0 Å². The summed E-state index contributed by atoms with van der Waals surface area (Å²) in [4.78, 5) is 26.1. The van der Waals surface area contributed by atoms with Gasteiger partial charge < -0.3 is 9.47 Å². The predicted molar refractivity (Wildman–Crippen MR) is 375 cm³/mol. The molecular formula is C80H156O4. The minimum atomic E-state index is -0.395. The summed E-state index contributed by atoms with van der Waals surface area (Å²) in [6.45, 7) is 10.2. The number of unbranched alkanes of at least 4 members (excludes halogenated alkanes) is 60.